The van der Waals surface area contributed by atoms with E-state index in [1.54, 1.807) is 13.8 Å². The van der Waals surface area contributed by atoms with E-state index in [2.05, 4.69) is 15.9 Å². The largest absolute Gasteiger partial charge is 0.393 e. The van der Waals surface area contributed by atoms with Gasteiger partial charge in [0.05, 0.1) is 16.8 Å². The molecule has 3 nitrogen and oxygen atoms in total. The van der Waals surface area contributed by atoms with Crippen molar-refractivity contribution in [2.75, 3.05) is 6.61 Å². The van der Waals surface area contributed by atoms with Gasteiger partial charge in [-0.15, -0.1) is 0 Å². The minimum atomic E-state index is -3.39. The molecule has 0 heterocycles. The second-order valence-electron chi connectivity index (χ2n) is 3.93. The van der Waals surface area contributed by atoms with Crippen LogP contribution in [-0.4, -0.2) is 25.4 Å². The third-order valence-electron chi connectivity index (χ3n) is 2.41. The van der Waals surface area contributed by atoms with E-state index in [1.165, 1.54) is 18.2 Å². The molecule has 1 rings (SSSR count). The van der Waals surface area contributed by atoms with Gasteiger partial charge in [0, 0.05) is 4.47 Å². The first kappa shape index (κ1) is 14.6. The minimum Gasteiger partial charge on any atom is -0.393 e. The smallest absolute Gasteiger partial charge is 0.181 e. The second kappa shape index (κ2) is 5.46. The van der Waals surface area contributed by atoms with E-state index in [9.17, 15) is 12.8 Å². The van der Waals surface area contributed by atoms with Gasteiger partial charge in [0.1, 0.15) is 6.17 Å². The molecule has 1 aromatic rings. The summed E-state index contributed by atoms with van der Waals surface area (Å²) in [6, 6.07) is 4.12. The van der Waals surface area contributed by atoms with Gasteiger partial charge in [-0.3, -0.25) is 0 Å². The van der Waals surface area contributed by atoms with Gasteiger partial charge in [0.15, 0.2) is 9.84 Å². The van der Waals surface area contributed by atoms with Crippen LogP contribution < -0.4 is 0 Å². The first-order valence-electron chi connectivity index (χ1n) is 5.09. The number of aliphatic hydroxyl groups excluding tert-OH is 1. The van der Waals surface area contributed by atoms with E-state index in [-0.39, 0.29) is 10.5 Å². The summed E-state index contributed by atoms with van der Waals surface area (Å²) in [5.74, 6) is 0. The standard InChI is InChI=1S/C11H14BrFO3S/c1-7(2)17(15,16)11-4-3-8(5-9(11)12)10(13)6-14/h3-5,7,10,14H,6H2,1-2H3. The van der Waals surface area contributed by atoms with Gasteiger partial charge < -0.3 is 5.11 Å². The summed E-state index contributed by atoms with van der Waals surface area (Å²) in [6.45, 7) is 2.55. The summed E-state index contributed by atoms with van der Waals surface area (Å²) >= 11 is 3.12. The van der Waals surface area contributed by atoms with Crippen molar-refractivity contribution >= 4 is 25.8 Å². The molecule has 0 bridgehead atoms. The maximum absolute atomic E-state index is 13.2. The number of sulfone groups is 1. The number of halogens is 2. The summed E-state index contributed by atoms with van der Waals surface area (Å²) in [6.07, 6.45) is -1.50. The Bertz CT molecular complexity index is 499. The predicted molar refractivity (Wildman–Crippen MR) is 67.4 cm³/mol. The first-order chi connectivity index (χ1) is 7.80. The second-order valence-corrected chi connectivity index (χ2v) is 7.26. The number of alkyl halides is 1. The molecule has 1 N–H and O–H groups in total. The van der Waals surface area contributed by atoms with Gasteiger partial charge in [-0.05, 0) is 47.5 Å². The molecule has 0 saturated carbocycles. The highest BCUT2D eigenvalue weighted by Gasteiger charge is 2.22. The third-order valence-corrected chi connectivity index (χ3v) is 5.53. The molecule has 0 aliphatic heterocycles. The molecule has 0 radical (unpaired) electrons. The van der Waals surface area contributed by atoms with Crippen molar-refractivity contribution in [2.24, 2.45) is 0 Å². The van der Waals surface area contributed by atoms with E-state index >= 15 is 0 Å². The molecule has 0 saturated heterocycles. The fraction of sp³-hybridized carbons (Fsp3) is 0.455. The average molecular weight is 325 g/mol. The highest BCUT2D eigenvalue weighted by Crippen LogP contribution is 2.29. The van der Waals surface area contributed by atoms with Crippen molar-refractivity contribution in [1.82, 2.24) is 0 Å². The lowest BCUT2D eigenvalue weighted by molar-refractivity contribution is 0.180. The molecule has 96 valence electrons. The maximum Gasteiger partial charge on any atom is 0.181 e. The molecule has 0 aliphatic carbocycles. The normalized spacial score (nSPS) is 14.0. The predicted octanol–water partition coefficient (Wildman–Crippen LogP) is 2.63. The molecule has 0 amide bonds. The first-order valence-corrected chi connectivity index (χ1v) is 7.43. The van der Waals surface area contributed by atoms with Crippen molar-refractivity contribution in [1.29, 1.82) is 0 Å². The van der Waals surface area contributed by atoms with Gasteiger partial charge in [0.25, 0.3) is 0 Å². The third kappa shape index (κ3) is 3.05. The number of benzene rings is 1. The van der Waals surface area contributed by atoms with Crippen LogP contribution in [0.1, 0.15) is 25.6 Å². The molecule has 0 aromatic heterocycles. The van der Waals surface area contributed by atoms with Crippen LogP contribution in [0.25, 0.3) is 0 Å². The van der Waals surface area contributed by atoms with Crippen LogP contribution in [0.4, 0.5) is 4.39 Å². The summed E-state index contributed by atoms with van der Waals surface area (Å²) in [5.41, 5.74) is 0.252. The van der Waals surface area contributed by atoms with Gasteiger partial charge in [-0.25, -0.2) is 12.8 Å². The minimum absolute atomic E-state index is 0.140. The Kier molecular flexibility index (Phi) is 4.69. The zero-order valence-electron chi connectivity index (χ0n) is 9.52. The molecular weight excluding hydrogens is 311 g/mol. The van der Waals surface area contributed by atoms with Crippen molar-refractivity contribution < 1.29 is 17.9 Å². The lowest BCUT2D eigenvalue weighted by atomic mass is 10.1. The van der Waals surface area contributed by atoms with Crippen molar-refractivity contribution in [3.05, 3.63) is 28.2 Å². The monoisotopic (exact) mass is 324 g/mol. The van der Waals surface area contributed by atoms with Crippen LogP contribution in [0, 0.1) is 0 Å². The van der Waals surface area contributed by atoms with Crippen LogP contribution in [-0.2, 0) is 9.84 Å². The highest BCUT2D eigenvalue weighted by atomic mass is 79.9. The van der Waals surface area contributed by atoms with Crippen LogP contribution in [0.3, 0.4) is 0 Å². The van der Waals surface area contributed by atoms with E-state index in [1.807, 2.05) is 0 Å². The Hall–Kier alpha value is -0.460. The van der Waals surface area contributed by atoms with Crippen LogP contribution in [0.15, 0.2) is 27.6 Å². The summed E-state index contributed by atoms with van der Waals surface area (Å²) in [7, 11) is -3.39. The molecule has 0 fully saturated rings. The Morgan fingerprint density at radius 3 is 2.41 bits per heavy atom. The molecule has 1 atom stereocenters. The molecule has 6 heteroatoms. The number of hydrogen-bond acceptors (Lipinski definition) is 3. The Morgan fingerprint density at radius 1 is 1.41 bits per heavy atom. The Labute approximate surface area is 109 Å². The van der Waals surface area contributed by atoms with E-state index in [4.69, 9.17) is 5.11 Å². The average Bonchev–Trinajstić information content (AvgIpc) is 2.27. The molecule has 0 spiro atoms. The Balaban J connectivity index is 3.24. The fourth-order valence-corrected chi connectivity index (χ4v) is 3.47. The quantitative estimate of drug-likeness (QED) is 0.926. The molecule has 1 unspecified atom stereocenters. The molecule has 17 heavy (non-hydrogen) atoms. The SMILES string of the molecule is CC(C)S(=O)(=O)c1ccc(C(F)CO)cc1Br. The molecular formula is C11H14BrFO3S. The lowest BCUT2D eigenvalue weighted by Crippen LogP contribution is -2.14. The zero-order chi connectivity index (χ0) is 13.2. The Morgan fingerprint density at radius 2 is 2.00 bits per heavy atom. The maximum atomic E-state index is 13.2. The lowest BCUT2D eigenvalue weighted by Gasteiger charge is -2.12. The number of aliphatic hydroxyl groups is 1. The summed E-state index contributed by atoms with van der Waals surface area (Å²) in [5, 5.41) is 8.15. The van der Waals surface area contributed by atoms with Gasteiger partial charge in [-0.2, -0.15) is 0 Å². The number of rotatable bonds is 4. The van der Waals surface area contributed by atoms with Crippen LogP contribution in [0.2, 0.25) is 0 Å². The van der Waals surface area contributed by atoms with Gasteiger partial charge in [-0.1, -0.05) is 6.07 Å². The van der Waals surface area contributed by atoms with E-state index in [0.717, 1.165) is 0 Å². The van der Waals surface area contributed by atoms with E-state index < -0.39 is 27.9 Å². The zero-order valence-corrected chi connectivity index (χ0v) is 11.9. The topological polar surface area (TPSA) is 54.4 Å². The fourth-order valence-electron chi connectivity index (χ4n) is 1.30. The van der Waals surface area contributed by atoms with Crippen molar-refractivity contribution in [2.45, 2.75) is 30.2 Å². The molecule has 1 aromatic carbocycles. The summed E-state index contributed by atoms with van der Waals surface area (Å²) in [4.78, 5) is 0.140. The number of hydrogen-bond donors (Lipinski definition) is 1. The van der Waals surface area contributed by atoms with Crippen LogP contribution in [0.5, 0.6) is 0 Å². The van der Waals surface area contributed by atoms with Crippen molar-refractivity contribution in [3.8, 4) is 0 Å². The highest BCUT2D eigenvalue weighted by molar-refractivity contribution is 9.10. The van der Waals surface area contributed by atoms with Gasteiger partial charge >= 0.3 is 0 Å². The van der Waals surface area contributed by atoms with Crippen LogP contribution >= 0.6 is 15.9 Å². The van der Waals surface area contributed by atoms with Gasteiger partial charge in [0.2, 0.25) is 0 Å². The molecule has 0 aliphatic rings. The van der Waals surface area contributed by atoms with Crippen molar-refractivity contribution in [3.63, 3.8) is 0 Å². The van der Waals surface area contributed by atoms with E-state index in [0.29, 0.717) is 4.47 Å². The summed E-state index contributed by atoms with van der Waals surface area (Å²) < 4.78 is 37.4.